The third-order valence-corrected chi connectivity index (χ3v) is 3.05. The maximum atomic E-state index is 12.2. The van der Waals surface area contributed by atoms with Gasteiger partial charge in [-0.3, -0.25) is 4.57 Å². The summed E-state index contributed by atoms with van der Waals surface area (Å²) in [6.45, 7) is 2.24. The fourth-order valence-corrected chi connectivity index (χ4v) is 2.16. The monoisotopic (exact) mass is 246 g/mol. The first-order valence-corrected chi connectivity index (χ1v) is 5.94. The Morgan fingerprint density at radius 3 is 3.06 bits per heavy atom. The molecule has 2 heterocycles. The smallest absolute Gasteiger partial charge is 0.350 e. The van der Waals surface area contributed by atoms with Crippen molar-refractivity contribution in [1.29, 1.82) is 0 Å². The Labute approximate surface area is 103 Å². The van der Waals surface area contributed by atoms with Crippen LogP contribution in [-0.2, 0) is 13.0 Å². The molecule has 18 heavy (non-hydrogen) atoms. The zero-order valence-electron chi connectivity index (χ0n) is 9.83. The van der Waals surface area contributed by atoms with Crippen LogP contribution in [0.5, 0.6) is 5.75 Å². The third kappa shape index (κ3) is 1.80. The van der Waals surface area contributed by atoms with Crippen molar-refractivity contribution in [3.8, 4) is 11.4 Å². The summed E-state index contributed by atoms with van der Waals surface area (Å²) in [6, 6.07) is 6.56. The second-order valence-corrected chi connectivity index (χ2v) is 4.28. The van der Waals surface area contributed by atoms with Crippen LogP contribution in [-0.4, -0.2) is 32.5 Å². The Balaban J connectivity index is 2.11. The van der Waals surface area contributed by atoms with Gasteiger partial charge in [0.05, 0.1) is 5.69 Å². The van der Waals surface area contributed by atoms with E-state index >= 15 is 0 Å². The zero-order valence-corrected chi connectivity index (χ0v) is 9.83. The molecule has 1 aromatic heterocycles. The molecule has 1 aromatic carbocycles. The molecule has 0 amide bonds. The highest BCUT2D eigenvalue weighted by atomic mass is 16.3. The molecule has 0 unspecified atom stereocenters. The summed E-state index contributed by atoms with van der Waals surface area (Å²) in [4.78, 5) is 12.2. The second-order valence-electron chi connectivity index (χ2n) is 4.28. The molecule has 2 aromatic rings. The summed E-state index contributed by atoms with van der Waals surface area (Å²) in [5.74, 6) is 0.914. The first-order valence-electron chi connectivity index (χ1n) is 5.94. The summed E-state index contributed by atoms with van der Waals surface area (Å²) in [5.41, 5.74) is 0.438. The number of hydrogen-bond acceptors (Lipinski definition) is 4. The normalized spacial score (nSPS) is 15.1. The predicted molar refractivity (Wildman–Crippen MR) is 66.1 cm³/mol. The van der Waals surface area contributed by atoms with Gasteiger partial charge < -0.3 is 10.4 Å². The molecule has 0 spiro atoms. The molecule has 6 nitrogen and oxygen atoms in total. The fourth-order valence-electron chi connectivity index (χ4n) is 2.16. The highest BCUT2D eigenvalue weighted by molar-refractivity contribution is 5.37. The van der Waals surface area contributed by atoms with Gasteiger partial charge in [-0.2, -0.15) is 4.68 Å². The SMILES string of the molecule is O=c1n(-c2cccc(O)c2)nc2n1CCNCC2. The number of aromatic hydroxyl groups is 1. The maximum absolute atomic E-state index is 12.2. The molecule has 0 bridgehead atoms. The lowest BCUT2D eigenvalue weighted by molar-refractivity contribution is 0.474. The minimum atomic E-state index is -0.153. The van der Waals surface area contributed by atoms with Crippen LogP contribution < -0.4 is 11.0 Å². The topological polar surface area (TPSA) is 72.1 Å². The van der Waals surface area contributed by atoms with E-state index in [9.17, 15) is 9.90 Å². The highest BCUT2D eigenvalue weighted by Gasteiger charge is 2.16. The van der Waals surface area contributed by atoms with Gasteiger partial charge in [-0.05, 0) is 12.1 Å². The summed E-state index contributed by atoms with van der Waals surface area (Å²) in [7, 11) is 0. The van der Waals surface area contributed by atoms with Crippen LogP contribution in [0.2, 0.25) is 0 Å². The summed E-state index contributed by atoms with van der Waals surface area (Å²) in [5, 5.41) is 17.0. The van der Waals surface area contributed by atoms with Crippen molar-refractivity contribution in [2.45, 2.75) is 13.0 Å². The van der Waals surface area contributed by atoms with Crippen LogP contribution in [0, 0.1) is 0 Å². The van der Waals surface area contributed by atoms with Crippen LogP contribution in [0.1, 0.15) is 5.82 Å². The summed E-state index contributed by atoms with van der Waals surface area (Å²) in [6.07, 6.45) is 0.737. The molecule has 2 N–H and O–H groups in total. The van der Waals surface area contributed by atoms with Gasteiger partial charge in [0.2, 0.25) is 0 Å². The van der Waals surface area contributed by atoms with Crippen molar-refractivity contribution in [3.63, 3.8) is 0 Å². The Morgan fingerprint density at radius 2 is 2.22 bits per heavy atom. The predicted octanol–water partition coefficient (Wildman–Crippen LogP) is -0.115. The number of phenolic OH excluding ortho intramolecular Hbond substituents is 1. The second kappa shape index (κ2) is 4.30. The van der Waals surface area contributed by atoms with E-state index in [1.807, 2.05) is 0 Å². The first kappa shape index (κ1) is 11.0. The number of nitrogens with one attached hydrogen (secondary N) is 1. The number of nitrogens with zero attached hydrogens (tertiary/aromatic N) is 3. The van der Waals surface area contributed by atoms with Gasteiger partial charge in [-0.1, -0.05) is 6.07 Å². The van der Waals surface area contributed by atoms with Gasteiger partial charge in [0, 0.05) is 32.1 Å². The lowest BCUT2D eigenvalue weighted by Crippen LogP contribution is -2.27. The van der Waals surface area contributed by atoms with Crippen molar-refractivity contribution in [2.24, 2.45) is 0 Å². The molecule has 0 saturated carbocycles. The number of hydrogen-bond donors (Lipinski definition) is 2. The molecule has 0 radical (unpaired) electrons. The minimum Gasteiger partial charge on any atom is -0.508 e. The molecule has 1 aliphatic rings. The van der Waals surface area contributed by atoms with Gasteiger partial charge >= 0.3 is 5.69 Å². The van der Waals surface area contributed by atoms with Gasteiger partial charge in [-0.25, -0.2) is 4.79 Å². The lowest BCUT2D eigenvalue weighted by atomic mass is 10.3. The number of fused-ring (bicyclic) bond motifs is 1. The van der Waals surface area contributed by atoms with E-state index in [1.54, 1.807) is 22.8 Å². The third-order valence-electron chi connectivity index (χ3n) is 3.05. The van der Waals surface area contributed by atoms with Crippen molar-refractivity contribution in [1.82, 2.24) is 19.7 Å². The Bertz CT molecular complexity index is 629. The van der Waals surface area contributed by atoms with Crippen LogP contribution in [0.25, 0.3) is 5.69 Å². The number of aromatic nitrogens is 3. The maximum Gasteiger partial charge on any atom is 0.350 e. The molecule has 0 saturated heterocycles. The number of benzene rings is 1. The van der Waals surface area contributed by atoms with Gasteiger partial charge in [-0.15, -0.1) is 5.10 Å². The molecular weight excluding hydrogens is 232 g/mol. The summed E-state index contributed by atoms with van der Waals surface area (Å²) >= 11 is 0. The molecule has 0 fully saturated rings. The van der Waals surface area contributed by atoms with E-state index in [2.05, 4.69) is 10.4 Å². The molecular formula is C12H14N4O2. The number of phenols is 1. The Morgan fingerprint density at radius 1 is 1.33 bits per heavy atom. The largest absolute Gasteiger partial charge is 0.508 e. The van der Waals surface area contributed by atoms with Crippen molar-refractivity contribution in [3.05, 3.63) is 40.6 Å². The van der Waals surface area contributed by atoms with Crippen LogP contribution in [0.4, 0.5) is 0 Å². The molecule has 0 atom stereocenters. The summed E-state index contributed by atoms with van der Waals surface area (Å²) < 4.78 is 3.03. The van der Waals surface area contributed by atoms with Crippen molar-refractivity contribution >= 4 is 0 Å². The number of rotatable bonds is 1. The Hall–Kier alpha value is -2.08. The molecule has 6 heteroatoms. The highest BCUT2D eigenvalue weighted by Crippen LogP contribution is 2.13. The van der Waals surface area contributed by atoms with Crippen molar-refractivity contribution in [2.75, 3.05) is 13.1 Å². The fraction of sp³-hybridized carbons (Fsp3) is 0.333. The van der Waals surface area contributed by atoms with E-state index in [0.717, 1.165) is 25.3 Å². The van der Waals surface area contributed by atoms with Crippen LogP contribution >= 0.6 is 0 Å². The average molecular weight is 246 g/mol. The molecule has 0 aliphatic carbocycles. The minimum absolute atomic E-state index is 0.129. The van der Waals surface area contributed by atoms with E-state index in [-0.39, 0.29) is 11.4 Å². The van der Waals surface area contributed by atoms with E-state index in [4.69, 9.17) is 0 Å². The van der Waals surface area contributed by atoms with Crippen LogP contribution in [0.15, 0.2) is 29.1 Å². The van der Waals surface area contributed by atoms with E-state index in [1.165, 1.54) is 10.7 Å². The zero-order chi connectivity index (χ0) is 12.5. The molecule has 1 aliphatic heterocycles. The van der Waals surface area contributed by atoms with E-state index in [0.29, 0.717) is 12.2 Å². The molecule has 3 rings (SSSR count). The van der Waals surface area contributed by atoms with Gasteiger partial charge in [0.15, 0.2) is 0 Å². The quantitative estimate of drug-likeness (QED) is 0.736. The lowest BCUT2D eigenvalue weighted by Gasteiger charge is -2.00. The Kier molecular flexibility index (Phi) is 2.64. The van der Waals surface area contributed by atoms with Gasteiger partial charge in [0.1, 0.15) is 11.6 Å². The first-order chi connectivity index (χ1) is 8.75. The average Bonchev–Trinajstić information content (AvgIpc) is 2.55. The van der Waals surface area contributed by atoms with Crippen LogP contribution in [0.3, 0.4) is 0 Å². The van der Waals surface area contributed by atoms with Gasteiger partial charge in [0.25, 0.3) is 0 Å². The van der Waals surface area contributed by atoms with Crippen molar-refractivity contribution < 1.29 is 5.11 Å². The van der Waals surface area contributed by atoms with E-state index < -0.39 is 0 Å². The standard InChI is InChI=1S/C12H14N4O2/c17-10-3-1-2-9(8-10)16-12(18)15-7-6-13-5-4-11(15)14-16/h1-3,8,13,17H,4-7H2. The molecule has 94 valence electrons.